The maximum atomic E-state index is 12.4. The van der Waals surface area contributed by atoms with E-state index in [1.165, 1.54) is 12.1 Å². The summed E-state index contributed by atoms with van der Waals surface area (Å²) in [7, 11) is -2.45. The third kappa shape index (κ3) is 3.29. The van der Waals surface area contributed by atoms with Gasteiger partial charge in [-0.2, -0.15) is 0 Å². The minimum absolute atomic E-state index is 0.335. The molecule has 21 heavy (non-hydrogen) atoms. The van der Waals surface area contributed by atoms with Gasteiger partial charge in [0, 0.05) is 24.5 Å². The largest absolute Gasteiger partial charge is 0.388 e. The molecule has 0 saturated heterocycles. The van der Waals surface area contributed by atoms with E-state index in [4.69, 9.17) is 0 Å². The highest BCUT2D eigenvalue weighted by Crippen LogP contribution is 2.28. The monoisotopic (exact) mass is 307 g/mol. The van der Waals surface area contributed by atoms with E-state index < -0.39 is 20.6 Å². The Hall–Kier alpha value is -2.61. The predicted octanol–water partition coefficient (Wildman–Crippen LogP) is 2.44. The van der Waals surface area contributed by atoms with Gasteiger partial charge in [-0.1, -0.05) is 18.2 Å². The van der Waals surface area contributed by atoms with Gasteiger partial charge in [0.15, 0.2) is 4.90 Å². The SMILES string of the molecule is CNc1ccc([N+](=O)[O-])c(S(=O)(=O)Nc2ccccc2)c1. The number of para-hydroxylation sites is 1. The van der Waals surface area contributed by atoms with Gasteiger partial charge in [-0.15, -0.1) is 0 Å². The van der Waals surface area contributed by atoms with Crippen molar-refractivity contribution in [2.45, 2.75) is 4.90 Å². The maximum absolute atomic E-state index is 12.4. The van der Waals surface area contributed by atoms with Crippen LogP contribution in [0.1, 0.15) is 0 Å². The molecule has 2 N–H and O–H groups in total. The third-order valence-corrected chi connectivity index (χ3v) is 4.17. The van der Waals surface area contributed by atoms with Crippen LogP contribution in [0.5, 0.6) is 0 Å². The topological polar surface area (TPSA) is 101 Å². The molecule has 2 aromatic carbocycles. The van der Waals surface area contributed by atoms with Crippen molar-refractivity contribution in [1.82, 2.24) is 0 Å². The lowest BCUT2D eigenvalue weighted by Crippen LogP contribution is -2.15. The van der Waals surface area contributed by atoms with Crippen LogP contribution < -0.4 is 10.0 Å². The van der Waals surface area contributed by atoms with Crippen molar-refractivity contribution in [3.63, 3.8) is 0 Å². The Balaban J connectivity index is 2.50. The fourth-order valence-corrected chi connectivity index (χ4v) is 3.01. The molecule has 0 aliphatic carbocycles. The summed E-state index contributed by atoms with van der Waals surface area (Å²) in [5, 5.41) is 13.8. The Morgan fingerprint density at radius 3 is 2.29 bits per heavy atom. The van der Waals surface area contributed by atoms with Crippen molar-refractivity contribution in [3.8, 4) is 0 Å². The lowest BCUT2D eigenvalue weighted by molar-refractivity contribution is -0.387. The average molecular weight is 307 g/mol. The van der Waals surface area contributed by atoms with Crippen molar-refractivity contribution in [2.24, 2.45) is 0 Å². The molecule has 8 heteroatoms. The molecule has 0 amide bonds. The molecule has 0 saturated carbocycles. The van der Waals surface area contributed by atoms with E-state index in [1.807, 2.05) is 0 Å². The fraction of sp³-hybridized carbons (Fsp3) is 0.0769. The molecule has 110 valence electrons. The summed E-state index contributed by atoms with van der Waals surface area (Å²) in [6.07, 6.45) is 0. The molecule has 0 radical (unpaired) electrons. The van der Waals surface area contributed by atoms with Crippen LogP contribution in [0, 0.1) is 10.1 Å². The number of nitro groups is 1. The Kier molecular flexibility index (Phi) is 4.08. The second-order valence-corrected chi connectivity index (χ2v) is 5.81. The van der Waals surface area contributed by atoms with Crippen LogP contribution in [0.15, 0.2) is 53.4 Å². The molecule has 0 unspecified atom stereocenters. The molecular formula is C13H13N3O4S. The zero-order chi connectivity index (χ0) is 15.5. The number of nitro benzene ring substituents is 1. The maximum Gasteiger partial charge on any atom is 0.290 e. The first-order valence-corrected chi connectivity index (χ1v) is 7.46. The lowest BCUT2D eigenvalue weighted by Gasteiger charge is -2.09. The first-order chi connectivity index (χ1) is 9.94. The number of sulfonamides is 1. The van der Waals surface area contributed by atoms with Gasteiger partial charge < -0.3 is 5.32 Å². The van der Waals surface area contributed by atoms with Crippen LogP contribution in [-0.4, -0.2) is 20.4 Å². The van der Waals surface area contributed by atoms with Gasteiger partial charge in [0.1, 0.15) is 0 Å². The molecule has 0 spiro atoms. The van der Waals surface area contributed by atoms with Crippen LogP contribution >= 0.6 is 0 Å². The number of rotatable bonds is 5. The van der Waals surface area contributed by atoms with E-state index in [1.54, 1.807) is 37.4 Å². The molecular weight excluding hydrogens is 294 g/mol. The highest BCUT2D eigenvalue weighted by Gasteiger charge is 2.26. The molecule has 0 aromatic heterocycles. The Morgan fingerprint density at radius 2 is 1.71 bits per heavy atom. The van der Waals surface area contributed by atoms with E-state index in [9.17, 15) is 18.5 Å². The standard InChI is InChI=1S/C13H13N3O4S/c1-14-11-7-8-12(16(17)18)13(9-11)21(19,20)15-10-5-3-2-4-6-10/h2-9,14-15H,1H3. The fourth-order valence-electron chi connectivity index (χ4n) is 1.75. The molecule has 0 atom stereocenters. The van der Waals surface area contributed by atoms with Crippen molar-refractivity contribution in [2.75, 3.05) is 17.1 Å². The van der Waals surface area contributed by atoms with Crippen LogP contribution in [0.25, 0.3) is 0 Å². The molecule has 7 nitrogen and oxygen atoms in total. The van der Waals surface area contributed by atoms with E-state index >= 15 is 0 Å². The molecule has 2 rings (SSSR count). The molecule has 2 aromatic rings. The second kappa shape index (κ2) is 5.80. The van der Waals surface area contributed by atoms with E-state index in [0.717, 1.165) is 6.07 Å². The Labute approximate surface area is 121 Å². The minimum Gasteiger partial charge on any atom is -0.388 e. The number of benzene rings is 2. The van der Waals surface area contributed by atoms with Crippen LogP contribution in [0.3, 0.4) is 0 Å². The third-order valence-electron chi connectivity index (χ3n) is 2.76. The number of nitrogens with one attached hydrogen (secondary N) is 2. The zero-order valence-corrected chi connectivity index (χ0v) is 11.9. The van der Waals surface area contributed by atoms with Gasteiger partial charge in [-0.3, -0.25) is 14.8 Å². The Morgan fingerprint density at radius 1 is 1.05 bits per heavy atom. The van der Waals surface area contributed by atoms with Crippen molar-refractivity contribution < 1.29 is 13.3 Å². The van der Waals surface area contributed by atoms with Crippen molar-refractivity contribution in [1.29, 1.82) is 0 Å². The predicted molar refractivity (Wildman–Crippen MR) is 79.9 cm³/mol. The summed E-state index contributed by atoms with van der Waals surface area (Å²) in [6, 6.07) is 12.0. The van der Waals surface area contributed by atoms with E-state index in [-0.39, 0.29) is 4.90 Å². The molecule has 0 aliphatic heterocycles. The number of hydrogen-bond donors (Lipinski definition) is 2. The smallest absolute Gasteiger partial charge is 0.290 e. The lowest BCUT2D eigenvalue weighted by atomic mass is 10.3. The minimum atomic E-state index is -4.05. The van der Waals surface area contributed by atoms with Gasteiger partial charge >= 0.3 is 0 Å². The molecule has 0 bridgehead atoms. The highest BCUT2D eigenvalue weighted by atomic mass is 32.2. The van der Waals surface area contributed by atoms with Crippen LogP contribution in [-0.2, 0) is 10.0 Å². The summed E-state index contributed by atoms with van der Waals surface area (Å²) < 4.78 is 27.0. The van der Waals surface area contributed by atoms with E-state index in [2.05, 4.69) is 10.0 Å². The van der Waals surface area contributed by atoms with Crippen LogP contribution in [0.4, 0.5) is 17.1 Å². The summed E-state index contributed by atoms with van der Waals surface area (Å²) in [4.78, 5) is 9.90. The molecule has 0 fully saturated rings. The van der Waals surface area contributed by atoms with Crippen molar-refractivity contribution in [3.05, 3.63) is 58.6 Å². The number of anilines is 2. The zero-order valence-electron chi connectivity index (χ0n) is 11.1. The first kappa shape index (κ1) is 14.8. The van der Waals surface area contributed by atoms with Gasteiger partial charge in [0.2, 0.25) is 0 Å². The number of hydrogen-bond acceptors (Lipinski definition) is 5. The summed E-state index contributed by atoms with van der Waals surface area (Å²) >= 11 is 0. The van der Waals surface area contributed by atoms with Crippen LogP contribution in [0.2, 0.25) is 0 Å². The average Bonchev–Trinajstić information content (AvgIpc) is 2.47. The van der Waals surface area contributed by atoms with Gasteiger partial charge in [0.25, 0.3) is 15.7 Å². The Bertz CT molecular complexity index is 760. The van der Waals surface area contributed by atoms with Gasteiger partial charge in [-0.25, -0.2) is 8.42 Å². The highest BCUT2D eigenvalue weighted by molar-refractivity contribution is 7.92. The van der Waals surface area contributed by atoms with Crippen molar-refractivity contribution >= 4 is 27.1 Å². The van der Waals surface area contributed by atoms with E-state index in [0.29, 0.717) is 11.4 Å². The van der Waals surface area contributed by atoms with Gasteiger partial charge in [0.05, 0.1) is 4.92 Å². The quantitative estimate of drug-likeness (QED) is 0.652. The molecule has 0 heterocycles. The summed E-state index contributed by atoms with van der Waals surface area (Å²) in [5.41, 5.74) is 0.327. The summed E-state index contributed by atoms with van der Waals surface area (Å²) in [6.45, 7) is 0. The summed E-state index contributed by atoms with van der Waals surface area (Å²) in [5.74, 6) is 0. The number of nitrogens with zero attached hydrogens (tertiary/aromatic N) is 1. The molecule has 0 aliphatic rings. The van der Waals surface area contributed by atoms with Gasteiger partial charge in [-0.05, 0) is 24.3 Å². The normalized spacial score (nSPS) is 10.9. The first-order valence-electron chi connectivity index (χ1n) is 5.98. The second-order valence-electron chi connectivity index (χ2n) is 4.16.